The Bertz CT molecular complexity index is 509. The summed E-state index contributed by atoms with van der Waals surface area (Å²) in [5.41, 5.74) is 1.17. The number of rotatable bonds is 12. The van der Waals surface area contributed by atoms with Gasteiger partial charge in [-0.3, -0.25) is 4.57 Å². The minimum atomic E-state index is -3.72. The number of esters is 1. The molecule has 0 spiro atoms. The lowest BCUT2D eigenvalue weighted by Gasteiger charge is -2.24. The first-order valence-corrected chi connectivity index (χ1v) is 9.89. The topological polar surface area (TPSA) is 71.1 Å². The first kappa shape index (κ1) is 20.8. The van der Waals surface area contributed by atoms with Crippen molar-refractivity contribution in [2.75, 3.05) is 26.4 Å². The predicted molar refractivity (Wildman–Crippen MR) is 92.0 cm³/mol. The molecule has 1 unspecified atom stereocenters. The summed E-state index contributed by atoms with van der Waals surface area (Å²) in [4.78, 5) is 12.1. The molecule has 0 N–H and O–H groups in total. The molecular weight excluding hydrogens is 331 g/mol. The minimum Gasteiger partial charge on any atom is -0.464 e. The van der Waals surface area contributed by atoms with Gasteiger partial charge in [0.05, 0.1) is 19.8 Å². The average molecular weight is 358 g/mol. The standard InChI is InChI=1S/C17H27O6P/c1-4-20-16(18)17(24(19,22-5-2)23-6-3)21-14-10-13-15-11-8-7-9-12-15/h7-9,11-12,17H,4-6,10,13-14H2,1-3H3. The Morgan fingerprint density at radius 3 is 2.21 bits per heavy atom. The van der Waals surface area contributed by atoms with E-state index in [2.05, 4.69) is 0 Å². The Balaban J connectivity index is 2.67. The predicted octanol–water partition coefficient (Wildman–Crippen LogP) is 3.79. The third-order valence-electron chi connectivity index (χ3n) is 3.12. The van der Waals surface area contributed by atoms with Gasteiger partial charge in [0, 0.05) is 6.61 Å². The van der Waals surface area contributed by atoms with E-state index in [4.69, 9.17) is 18.5 Å². The average Bonchev–Trinajstić information content (AvgIpc) is 2.56. The second kappa shape index (κ2) is 11.4. The van der Waals surface area contributed by atoms with Crippen LogP contribution in [0.15, 0.2) is 30.3 Å². The maximum atomic E-state index is 12.8. The van der Waals surface area contributed by atoms with Crippen molar-refractivity contribution < 1.29 is 27.9 Å². The molecule has 1 atom stereocenters. The molecule has 24 heavy (non-hydrogen) atoms. The zero-order valence-electron chi connectivity index (χ0n) is 14.6. The number of hydrogen-bond donors (Lipinski definition) is 0. The van der Waals surface area contributed by atoms with E-state index < -0.39 is 19.4 Å². The summed E-state index contributed by atoms with van der Waals surface area (Å²) in [5, 5.41) is 0. The van der Waals surface area contributed by atoms with Crippen molar-refractivity contribution >= 4 is 13.6 Å². The molecule has 6 nitrogen and oxygen atoms in total. The first-order chi connectivity index (χ1) is 11.6. The molecule has 1 aromatic carbocycles. The third-order valence-corrected chi connectivity index (χ3v) is 5.29. The minimum absolute atomic E-state index is 0.153. The molecule has 0 bridgehead atoms. The number of ether oxygens (including phenoxy) is 2. The monoisotopic (exact) mass is 358 g/mol. The van der Waals surface area contributed by atoms with Crippen LogP contribution in [0.2, 0.25) is 0 Å². The van der Waals surface area contributed by atoms with Crippen LogP contribution in [0.3, 0.4) is 0 Å². The van der Waals surface area contributed by atoms with Gasteiger partial charge in [-0.2, -0.15) is 0 Å². The number of carbonyl (C=O) groups is 1. The fourth-order valence-electron chi connectivity index (χ4n) is 2.15. The molecule has 0 aliphatic heterocycles. The smallest absolute Gasteiger partial charge is 0.370 e. The van der Waals surface area contributed by atoms with E-state index in [1.165, 1.54) is 5.56 Å². The van der Waals surface area contributed by atoms with Gasteiger partial charge in [-0.15, -0.1) is 0 Å². The van der Waals surface area contributed by atoms with Gasteiger partial charge in [-0.1, -0.05) is 30.3 Å². The fraction of sp³-hybridized carbons (Fsp3) is 0.588. The largest absolute Gasteiger partial charge is 0.464 e. The van der Waals surface area contributed by atoms with Crippen LogP contribution in [0.1, 0.15) is 32.8 Å². The van der Waals surface area contributed by atoms with E-state index in [0.717, 1.165) is 6.42 Å². The summed E-state index contributed by atoms with van der Waals surface area (Å²) in [5.74, 6) is -2.07. The molecule has 0 heterocycles. The second-order valence-electron chi connectivity index (χ2n) is 4.94. The van der Waals surface area contributed by atoms with Crippen molar-refractivity contribution in [2.24, 2.45) is 0 Å². The van der Waals surface area contributed by atoms with E-state index in [-0.39, 0.29) is 26.4 Å². The lowest BCUT2D eigenvalue weighted by molar-refractivity contribution is -0.152. The molecule has 1 aromatic rings. The summed E-state index contributed by atoms with van der Waals surface area (Å²) in [6.45, 7) is 5.77. The third kappa shape index (κ3) is 6.73. The van der Waals surface area contributed by atoms with Gasteiger partial charge in [0.25, 0.3) is 5.85 Å². The van der Waals surface area contributed by atoms with Crippen LogP contribution in [0.25, 0.3) is 0 Å². The van der Waals surface area contributed by atoms with Gasteiger partial charge < -0.3 is 18.5 Å². The van der Waals surface area contributed by atoms with Crippen molar-refractivity contribution in [2.45, 2.75) is 39.5 Å². The molecule has 0 aromatic heterocycles. The van der Waals surface area contributed by atoms with E-state index >= 15 is 0 Å². The van der Waals surface area contributed by atoms with Gasteiger partial charge in [-0.05, 0) is 39.2 Å². The Kier molecular flexibility index (Phi) is 9.88. The van der Waals surface area contributed by atoms with Crippen molar-refractivity contribution in [3.63, 3.8) is 0 Å². The molecule has 0 aliphatic carbocycles. The maximum Gasteiger partial charge on any atom is 0.370 e. The number of carbonyl (C=O) groups excluding carboxylic acids is 1. The molecular formula is C17H27O6P. The lowest BCUT2D eigenvalue weighted by Crippen LogP contribution is -2.29. The SMILES string of the molecule is CCOC(=O)C(OCCCc1ccccc1)P(=O)(OCC)OCC. The quantitative estimate of drug-likeness (QED) is 0.322. The van der Waals surface area contributed by atoms with Crippen molar-refractivity contribution in [3.8, 4) is 0 Å². The molecule has 1 rings (SSSR count). The van der Waals surface area contributed by atoms with Crippen LogP contribution < -0.4 is 0 Å². The van der Waals surface area contributed by atoms with Gasteiger partial charge in [0.2, 0.25) is 0 Å². The number of aryl methyl sites for hydroxylation is 1. The summed E-state index contributed by atoms with van der Waals surface area (Å²) in [7, 11) is -3.72. The van der Waals surface area contributed by atoms with Crippen molar-refractivity contribution in [1.29, 1.82) is 0 Å². The van der Waals surface area contributed by atoms with Gasteiger partial charge in [-0.25, -0.2) is 4.79 Å². The van der Waals surface area contributed by atoms with Crippen LogP contribution >= 0.6 is 7.60 Å². The Hall–Kier alpha value is -1.20. The molecule has 0 saturated heterocycles. The Morgan fingerprint density at radius 2 is 1.67 bits per heavy atom. The molecule has 0 amide bonds. The van der Waals surface area contributed by atoms with Gasteiger partial charge in [0.1, 0.15) is 0 Å². The van der Waals surface area contributed by atoms with Crippen molar-refractivity contribution in [3.05, 3.63) is 35.9 Å². The van der Waals surface area contributed by atoms with E-state index in [1.54, 1.807) is 20.8 Å². The Morgan fingerprint density at radius 1 is 1.04 bits per heavy atom. The second-order valence-corrected chi connectivity index (χ2v) is 7.00. The fourth-order valence-corrected chi connectivity index (χ4v) is 3.84. The number of hydrogen-bond acceptors (Lipinski definition) is 6. The molecule has 0 aliphatic rings. The van der Waals surface area contributed by atoms with Crippen LogP contribution in [0.5, 0.6) is 0 Å². The summed E-state index contributed by atoms with van der Waals surface area (Å²) < 4.78 is 33.8. The first-order valence-electron chi connectivity index (χ1n) is 8.28. The van der Waals surface area contributed by atoms with Gasteiger partial charge >= 0.3 is 13.6 Å². The van der Waals surface area contributed by atoms with Crippen LogP contribution in [0.4, 0.5) is 0 Å². The van der Waals surface area contributed by atoms with E-state index in [0.29, 0.717) is 6.42 Å². The van der Waals surface area contributed by atoms with Crippen molar-refractivity contribution in [1.82, 2.24) is 0 Å². The van der Waals surface area contributed by atoms with E-state index in [1.807, 2.05) is 30.3 Å². The molecule has 0 saturated carbocycles. The molecule has 0 fully saturated rings. The molecule has 0 radical (unpaired) electrons. The lowest BCUT2D eigenvalue weighted by atomic mass is 10.1. The molecule has 7 heteroatoms. The highest BCUT2D eigenvalue weighted by Crippen LogP contribution is 2.53. The molecule has 136 valence electrons. The van der Waals surface area contributed by atoms with Crippen LogP contribution in [-0.4, -0.2) is 38.2 Å². The normalized spacial score (nSPS) is 12.8. The van der Waals surface area contributed by atoms with Crippen LogP contribution in [-0.2, 0) is 34.3 Å². The highest BCUT2D eigenvalue weighted by atomic mass is 31.2. The highest BCUT2D eigenvalue weighted by Gasteiger charge is 2.43. The maximum absolute atomic E-state index is 12.8. The Labute approximate surface area is 144 Å². The zero-order valence-corrected chi connectivity index (χ0v) is 15.5. The highest BCUT2D eigenvalue weighted by molar-refractivity contribution is 7.55. The summed E-state index contributed by atoms with van der Waals surface area (Å²) >= 11 is 0. The zero-order chi connectivity index (χ0) is 17.8. The summed E-state index contributed by atoms with van der Waals surface area (Å²) in [6, 6.07) is 9.94. The van der Waals surface area contributed by atoms with Gasteiger partial charge in [0.15, 0.2) is 0 Å². The van der Waals surface area contributed by atoms with Crippen LogP contribution in [0, 0.1) is 0 Å². The van der Waals surface area contributed by atoms with E-state index in [9.17, 15) is 9.36 Å². The number of benzene rings is 1. The summed E-state index contributed by atoms with van der Waals surface area (Å²) in [6.07, 6.45) is 1.47.